The first kappa shape index (κ1) is 9.68. The van der Waals surface area contributed by atoms with E-state index in [4.69, 9.17) is 4.84 Å². The molecule has 1 aliphatic rings. The van der Waals surface area contributed by atoms with Crippen LogP contribution in [0.4, 0.5) is 0 Å². The summed E-state index contributed by atoms with van der Waals surface area (Å²) >= 11 is 1.61. The highest BCUT2D eigenvalue weighted by atomic mass is 32.1. The predicted molar refractivity (Wildman–Crippen MR) is 54.9 cm³/mol. The fraction of sp³-hybridized carbons (Fsp3) is 0.500. The summed E-state index contributed by atoms with van der Waals surface area (Å²) in [7, 11) is 0. The quantitative estimate of drug-likeness (QED) is 0.747. The normalized spacial score (nSPS) is 17.0. The second kappa shape index (κ2) is 4.57. The minimum atomic E-state index is 0.0761. The van der Waals surface area contributed by atoms with E-state index in [2.05, 4.69) is 0 Å². The number of amides is 1. The van der Waals surface area contributed by atoms with Gasteiger partial charge in [0.1, 0.15) is 0 Å². The van der Waals surface area contributed by atoms with Crippen molar-refractivity contribution in [3.05, 3.63) is 22.4 Å². The lowest BCUT2D eigenvalue weighted by atomic mass is 10.2. The van der Waals surface area contributed by atoms with Gasteiger partial charge in [0.25, 0.3) is 5.91 Å². The number of hydrogen-bond acceptors (Lipinski definition) is 3. The first-order chi connectivity index (χ1) is 6.86. The van der Waals surface area contributed by atoms with Crippen LogP contribution in [-0.2, 0) is 16.1 Å². The van der Waals surface area contributed by atoms with Crippen molar-refractivity contribution in [2.75, 3.05) is 13.2 Å². The van der Waals surface area contributed by atoms with Crippen molar-refractivity contribution < 1.29 is 9.63 Å². The Hall–Kier alpha value is -0.870. The second-order valence-corrected chi connectivity index (χ2v) is 4.32. The number of carbonyl (C=O) groups is 1. The Morgan fingerprint density at radius 2 is 2.50 bits per heavy atom. The largest absolute Gasteiger partial charge is 0.272 e. The molecule has 0 aromatic carbocycles. The van der Waals surface area contributed by atoms with Gasteiger partial charge in [-0.1, -0.05) is 6.07 Å². The third-order valence-electron chi connectivity index (χ3n) is 2.19. The standard InChI is InChI=1S/C10H13NO2S/c12-10(8-9-4-3-7-14-9)11-5-1-2-6-13-11/h3-4,7H,1-2,5-6,8H2. The molecule has 0 bridgehead atoms. The molecule has 14 heavy (non-hydrogen) atoms. The van der Waals surface area contributed by atoms with Crippen molar-refractivity contribution >= 4 is 17.2 Å². The van der Waals surface area contributed by atoms with Crippen LogP contribution in [-0.4, -0.2) is 24.1 Å². The Morgan fingerprint density at radius 3 is 3.14 bits per heavy atom. The summed E-state index contributed by atoms with van der Waals surface area (Å²) in [6, 6.07) is 3.94. The monoisotopic (exact) mass is 211 g/mol. The van der Waals surface area contributed by atoms with E-state index in [1.54, 1.807) is 11.3 Å². The predicted octanol–water partition coefficient (Wildman–Crippen LogP) is 1.84. The minimum absolute atomic E-state index is 0.0761. The molecule has 0 unspecified atom stereocenters. The molecule has 2 rings (SSSR count). The molecule has 3 nitrogen and oxygen atoms in total. The van der Waals surface area contributed by atoms with Gasteiger partial charge in [-0.05, 0) is 24.3 Å². The van der Waals surface area contributed by atoms with Gasteiger partial charge < -0.3 is 0 Å². The van der Waals surface area contributed by atoms with E-state index >= 15 is 0 Å². The van der Waals surface area contributed by atoms with Gasteiger partial charge in [0.15, 0.2) is 0 Å². The molecule has 1 amide bonds. The number of thiophene rings is 1. The minimum Gasteiger partial charge on any atom is -0.272 e. The molecule has 1 fully saturated rings. The lowest BCUT2D eigenvalue weighted by Gasteiger charge is -2.25. The Bertz CT molecular complexity index is 291. The summed E-state index contributed by atoms with van der Waals surface area (Å²) in [6.45, 7) is 1.42. The summed E-state index contributed by atoms with van der Waals surface area (Å²) in [4.78, 5) is 18.1. The zero-order valence-electron chi connectivity index (χ0n) is 7.94. The van der Waals surface area contributed by atoms with Gasteiger partial charge in [0, 0.05) is 11.4 Å². The van der Waals surface area contributed by atoms with Crippen LogP contribution in [0.2, 0.25) is 0 Å². The van der Waals surface area contributed by atoms with Crippen LogP contribution in [0.5, 0.6) is 0 Å². The molecule has 1 aliphatic heterocycles. The van der Waals surface area contributed by atoms with E-state index in [1.807, 2.05) is 17.5 Å². The van der Waals surface area contributed by atoms with Gasteiger partial charge in [0.2, 0.25) is 0 Å². The van der Waals surface area contributed by atoms with E-state index < -0.39 is 0 Å². The molecule has 0 aliphatic carbocycles. The Kier molecular flexibility index (Phi) is 3.16. The van der Waals surface area contributed by atoms with Crippen LogP contribution in [0.1, 0.15) is 17.7 Å². The highest BCUT2D eigenvalue weighted by Crippen LogP contribution is 2.13. The Morgan fingerprint density at radius 1 is 1.57 bits per heavy atom. The lowest BCUT2D eigenvalue weighted by molar-refractivity contribution is -0.196. The molecule has 2 heterocycles. The third-order valence-corrected chi connectivity index (χ3v) is 3.06. The van der Waals surface area contributed by atoms with Crippen LogP contribution in [0.25, 0.3) is 0 Å². The highest BCUT2D eigenvalue weighted by molar-refractivity contribution is 7.10. The maximum Gasteiger partial charge on any atom is 0.251 e. The topological polar surface area (TPSA) is 29.5 Å². The van der Waals surface area contributed by atoms with Crippen molar-refractivity contribution in [2.24, 2.45) is 0 Å². The number of carbonyl (C=O) groups excluding carboxylic acids is 1. The van der Waals surface area contributed by atoms with E-state index in [0.717, 1.165) is 24.3 Å². The van der Waals surface area contributed by atoms with Gasteiger partial charge in [-0.25, -0.2) is 5.06 Å². The van der Waals surface area contributed by atoms with Gasteiger partial charge in [-0.3, -0.25) is 9.63 Å². The van der Waals surface area contributed by atoms with Crippen LogP contribution in [0.15, 0.2) is 17.5 Å². The zero-order chi connectivity index (χ0) is 9.80. The molecule has 0 spiro atoms. The molecule has 1 aromatic heterocycles. The Labute approximate surface area is 87.2 Å². The van der Waals surface area contributed by atoms with E-state index in [-0.39, 0.29) is 5.91 Å². The highest BCUT2D eigenvalue weighted by Gasteiger charge is 2.17. The summed E-state index contributed by atoms with van der Waals surface area (Å²) in [6.07, 6.45) is 2.58. The number of nitrogens with zero attached hydrogens (tertiary/aromatic N) is 1. The molecule has 1 saturated heterocycles. The van der Waals surface area contributed by atoms with Gasteiger partial charge >= 0.3 is 0 Å². The summed E-state index contributed by atoms with van der Waals surface area (Å²) in [5.74, 6) is 0.0761. The van der Waals surface area contributed by atoms with Crippen molar-refractivity contribution in [2.45, 2.75) is 19.3 Å². The maximum atomic E-state index is 11.7. The summed E-state index contributed by atoms with van der Waals surface area (Å²) < 4.78 is 0. The first-order valence-corrected chi connectivity index (χ1v) is 5.70. The fourth-order valence-electron chi connectivity index (χ4n) is 1.44. The first-order valence-electron chi connectivity index (χ1n) is 4.82. The lowest BCUT2D eigenvalue weighted by Crippen LogP contribution is -2.36. The molecule has 4 heteroatoms. The summed E-state index contributed by atoms with van der Waals surface area (Å²) in [5.41, 5.74) is 0. The molecule has 0 saturated carbocycles. The van der Waals surface area contributed by atoms with Gasteiger partial charge in [-0.2, -0.15) is 0 Å². The third kappa shape index (κ3) is 2.33. The van der Waals surface area contributed by atoms with E-state index in [9.17, 15) is 4.79 Å². The van der Waals surface area contributed by atoms with Crippen LogP contribution in [0, 0.1) is 0 Å². The molecular formula is C10H13NO2S. The molecular weight excluding hydrogens is 198 g/mol. The molecule has 76 valence electrons. The molecule has 0 atom stereocenters. The van der Waals surface area contributed by atoms with Gasteiger partial charge in [-0.15, -0.1) is 11.3 Å². The Balaban J connectivity index is 1.88. The van der Waals surface area contributed by atoms with E-state index in [1.165, 1.54) is 5.06 Å². The second-order valence-electron chi connectivity index (χ2n) is 3.29. The number of rotatable bonds is 2. The van der Waals surface area contributed by atoms with Crippen molar-refractivity contribution in [1.82, 2.24) is 5.06 Å². The maximum absolute atomic E-state index is 11.7. The zero-order valence-corrected chi connectivity index (χ0v) is 8.76. The smallest absolute Gasteiger partial charge is 0.251 e. The van der Waals surface area contributed by atoms with Crippen LogP contribution >= 0.6 is 11.3 Å². The number of hydroxylamine groups is 2. The van der Waals surface area contributed by atoms with Crippen molar-refractivity contribution in [3.8, 4) is 0 Å². The molecule has 0 radical (unpaired) electrons. The van der Waals surface area contributed by atoms with Crippen LogP contribution in [0.3, 0.4) is 0 Å². The number of hydrogen-bond donors (Lipinski definition) is 0. The van der Waals surface area contributed by atoms with Crippen molar-refractivity contribution in [1.29, 1.82) is 0 Å². The average Bonchev–Trinajstić information content (AvgIpc) is 2.72. The van der Waals surface area contributed by atoms with Crippen molar-refractivity contribution in [3.63, 3.8) is 0 Å². The molecule has 1 aromatic rings. The molecule has 0 N–H and O–H groups in total. The average molecular weight is 211 g/mol. The SMILES string of the molecule is O=C(Cc1cccs1)N1CCCCO1. The fourth-order valence-corrected chi connectivity index (χ4v) is 2.14. The summed E-state index contributed by atoms with van der Waals surface area (Å²) in [5, 5.41) is 3.49. The van der Waals surface area contributed by atoms with E-state index in [0.29, 0.717) is 13.0 Å². The van der Waals surface area contributed by atoms with Gasteiger partial charge in [0.05, 0.1) is 13.0 Å². The van der Waals surface area contributed by atoms with Crippen LogP contribution < -0.4 is 0 Å².